The van der Waals surface area contributed by atoms with Crippen LogP contribution in [0.15, 0.2) is 21.9 Å². The number of nitrogens with zero attached hydrogens (tertiary/aromatic N) is 1. The number of phosphoric acid groups is 1. The van der Waals surface area contributed by atoms with Crippen molar-refractivity contribution in [3.05, 3.63) is 33.1 Å². The van der Waals surface area contributed by atoms with Crippen LogP contribution in [0, 0.1) is 0 Å². The zero-order valence-electron chi connectivity index (χ0n) is 11.2. The maximum Gasteiger partial charge on any atom is 0.472 e. The zero-order valence-corrected chi connectivity index (χ0v) is 12.1. The van der Waals surface area contributed by atoms with Crippen molar-refractivity contribution in [2.45, 2.75) is 30.5 Å². The van der Waals surface area contributed by atoms with E-state index in [2.05, 4.69) is 4.98 Å². The number of H-pyrrole nitrogens is 1. The minimum Gasteiger partial charge on any atom is -0.367 e. The molecule has 0 amide bonds. The summed E-state index contributed by atoms with van der Waals surface area (Å²) in [5.74, 6) is 0. The lowest BCUT2D eigenvalue weighted by atomic mass is 9.86. The Morgan fingerprint density at radius 3 is 2.86 bits per heavy atom. The molecule has 3 aliphatic rings. The fourth-order valence-corrected chi connectivity index (χ4v) is 4.10. The van der Waals surface area contributed by atoms with Crippen molar-refractivity contribution < 1.29 is 28.0 Å². The monoisotopic (exact) mass is 332 g/mol. The Bertz CT molecular complexity index is 768. The molecule has 1 aromatic heterocycles. The molecule has 22 heavy (non-hydrogen) atoms. The van der Waals surface area contributed by atoms with E-state index in [1.54, 1.807) is 0 Å². The molecule has 1 spiro atoms. The smallest absolute Gasteiger partial charge is 0.367 e. The van der Waals surface area contributed by atoms with E-state index in [4.69, 9.17) is 18.5 Å². The molecule has 1 aromatic rings. The molecule has 0 aromatic carbocycles. The molecule has 4 rings (SSSR count). The molecular formula is C11H13N2O8P. The molecular weight excluding hydrogens is 319 g/mol. The second-order valence-electron chi connectivity index (χ2n) is 5.39. The minimum absolute atomic E-state index is 0.141. The highest BCUT2D eigenvalue weighted by Gasteiger charge is 2.66. The third-order valence-corrected chi connectivity index (χ3v) is 5.13. The summed E-state index contributed by atoms with van der Waals surface area (Å²) in [7, 11) is -4.16. The number of fused-ring (bicyclic) bond motifs is 2. The van der Waals surface area contributed by atoms with Crippen molar-refractivity contribution >= 4 is 7.82 Å². The van der Waals surface area contributed by atoms with E-state index in [-0.39, 0.29) is 6.61 Å². The third kappa shape index (κ3) is 1.96. The first kappa shape index (κ1) is 14.3. The van der Waals surface area contributed by atoms with Crippen LogP contribution in [0.3, 0.4) is 0 Å². The van der Waals surface area contributed by atoms with Gasteiger partial charge in [-0.2, -0.15) is 0 Å². The maximum atomic E-state index is 12.0. The van der Waals surface area contributed by atoms with Crippen LogP contribution in [0.4, 0.5) is 0 Å². The molecule has 11 heteroatoms. The number of aromatic amines is 1. The van der Waals surface area contributed by atoms with Crippen LogP contribution in [0.1, 0.15) is 12.6 Å². The molecule has 5 atom stereocenters. The van der Waals surface area contributed by atoms with Crippen molar-refractivity contribution in [2.75, 3.05) is 13.2 Å². The molecule has 3 saturated heterocycles. The Hall–Kier alpha value is -1.29. The van der Waals surface area contributed by atoms with E-state index in [1.807, 2.05) is 0 Å². The highest BCUT2D eigenvalue weighted by atomic mass is 31.2. The number of nitrogens with one attached hydrogen (secondary N) is 1. The summed E-state index contributed by atoms with van der Waals surface area (Å²) in [6, 6.07) is 1.19. The third-order valence-electron chi connectivity index (χ3n) is 4.16. The first-order chi connectivity index (χ1) is 10.4. The second kappa shape index (κ2) is 4.60. The van der Waals surface area contributed by atoms with Gasteiger partial charge in [0, 0.05) is 18.7 Å². The Kier molecular flexibility index (Phi) is 3.00. The van der Waals surface area contributed by atoms with Gasteiger partial charge in [-0.1, -0.05) is 0 Å². The van der Waals surface area contributed by atoms with E-state index in [1.165, 1.54) is 16.8 Å². The van der Waals surface area contributed by atoms with Crippen LogP contribution < -0.4 is 11.2 Å². The predicted molar refractivity (Wildman–Crippen MR) is 69.2 cm³/mol. The van der Waals surface area contributed by atoms with Gasteiger partial charge in [0.15, 0.2) is 6.23 Å². The molecule has 120 valence electrons. The zero-order chi connectivity index (χ0) is 15.5. The van der Waals surface area contributed by atoms with E-state index in [0.717, 1.165) is 0 Å². The second-order valence-corrected chi connectivity index (χ2v) is 6.79. The highest BCUT2D eigenvalue weighted by molar-refractivity contribution is 7.47. The highest BCUT2D eigenvalue weighted by Crippen LogP contribution is 2.58. The molecule has 0 saturated carbocycles. The molecule has 0 aliphatic carbocycles. The van der Waals surface area contributed by atoms with Crippen LogP contribution >= 0.6 is 7.82 Å². The van der Waals surface area contributed by atoms with Gasteiger partial charge >= 0.3 is 13.5 Å². The Morgan fingerprint density at radius 1 is 1.45 bits per heavy atom. The van der Waals surface area contributed by atoms with Crippen molar-refractivity contribution in [1.29, 1.82) is 0 Å². The lowest BCUT2D eigenvalue weighted by molar-refractivity contribution is -0.225. The van der Waals surface area contributed by atoms with Gasteiger partial charge in [0.25, 0.3) is 5.56 Å². The summed E-state index contributed by atoms with van der Waals surface area (Å²) in [5, 5.41) is 0. The number of aromatic nitrogens is 2. The van der Waals surface area contributed by atoms with Crippen LogP contribution in [0.5, 0.6) is 0 Å². The molecule has 10 nitrogen and oxygen atoms in total. The van der Waals surface area contributed by atoms with Crippen LogP contribution in [-0.4, -0.2) is 45.5 Å². The predicted octanol–water partition coefficient (Wildman–Crippen LogP) is -0.891. The lowest BCUT2D eigenvalue weighted by Crippen LogP contribution is -2.59. The standard InChI is InChI=1S/C11H13N2O8P/c14-7-1-3-13(10(15)12-7)9-11(2-4-18-11)8-6(20-9)5-19-22(16,17)21-8/h1,3,6,8-9H,2,4-5H2,(H,16,17)(H,12,14,15)/t6-,8-,9+,11-/m1/s1. The SMILES string of the molecule is O=c1ccn([C@H]2O[C@@H]3COP(=O)(O)O[C@H]3[C@]23CCO3)c(=O)[nH]1. The first-order valence-electron chi connectivity index (χ1n) is 6.68. The van der Waals surface area contributed by atoms with E-state index >= 15 is 0 Å². The average molecular weight is 332 g/mol. The van der Waals surface area contributed by atoms with Gasteiger partial charge in [-0.05, 0) is 0 Å². The fraction of sp³-hybridized carbons (Fsp3) is 0.636. The van der Waals surface area contributed by atoms with Gasteiger partial charge in [0.05, 0.1) is 13.2 Å². The summed E-state index contributed by atoms with van der Waals surface area (Å²) in [5.41, 5.74) is -2.23. The lowest BCUT2D eigenvalue weighted by Gasteiger charge is -2.46. The van der Waals surface area contributed by atoms with Gasteiger partial charge in [0.1, 0.15) is 17.8 Å². The number of phosphoric ester groups is 1. The average Bonchev–Trinajstić information content (AvgIpc) is 2.71. The molecule has 2 N–H and O–H groups in total. The van der Waals surface area contributed by atoms with Gasteiger partial charge in [0.2, 0.25) is 0 Å². The van der Waals surface area contributed by atoms with Gasteiger partial charge in [-0.25, -0.2) is 9.36 Å². The van der Waals surface area contributed by atoms with Gasteiger partial charge < -0.3 is 14.4 Å². The number of hydrogen-bond acceptors (Lipinski definition) is 7. The first-order valence-corrected chi connectivity index (χ1v) is 8.17. The Morgan fingerprint density at radius 2 is 2.23 bits per heavy atom. The maximum absolute atomic E-state index is 12.0. The topological polar surface area (TPSA) is 129 Å². The minimum atomic E-state index is -4.16. The summed E-state index contributed by atoms with van der Waals surface area (Å²) < 4.78 is 34.1. The van der Waals surface area contributed by atoms with Crippen LogP contribution in [0.2, 0.25) is 0 Å². The summed E-state index contributed by atoms with van der Waals surface area (Å²) in [6.45, 7) is 0.277. The van der Waals surface area contributed by atoms with Crippen molar-refractivity contribution in [3.63, 3.8) is 0 Å². The van der Waals surface area contributed by atoms with E-state index in [0.29, 0.717) is 13.0 Å². The molecule has 3 aliphatic heterocycles. The van der Waals surface area contributed by atoms with E-state index < -0.39 is 43.1 Å². The van der Waals surface area contributed by atoms with E-state index in [9.17, 15) is 19.0 Å². The van der Waals surface area contributed by atoms with Crippen LogP contribution in [0.25, 0.3) is 0 Å². The van der Waals surface area contributed by atoms with Gasteiger partial charge in [-0.3, -0.25) is 23.4 Å². The van der Waals surface area contributed by atoms with Crippen molar-refractivity contribution in [1.82, 2.24) is 9.55 Å². The molecule has 0 radical (unpaired) electrons. The molecule has 4 heterocycles. The summed E-state index contributed by atoms with van der Waals surface area (Å²) in [4.78, 5) is 34.8. The Labute approximate surface area is 123 Å². The normalized spacial score (nSPS) is 43.8. The van der Waals surface area contributed by atoms with Gasteiger partial charge in [-0.15, -0.1) is 0 Å². The van der Waals surface area contributed by atoms with Crippen LogP contribution in [-0.2, 0) is 23.1 Å². The molecule has 0 bridgehead atoms. The largest absolute Gasteiger partial charge is 0.472 e. The molecule has 3 fully saturated rings. The summed E-state index contributed by atoms with van der Waals surface area (Å²) >= 11 is 0. The van der Waals surface area contributed by atoms with Crippen molar-refractivity contribution in [3.8, 4) is 0 Å². The number of hydrogen-bond donors (Lipinski definition) is 2. The number of ether oxygens (including phenoxy) is 2. The van der Waals surface area contributed by atoms with Crippen molar-refractivity contribution in [2.24, 2.45) is 0 Å². The molecule has 1 unspecified atom stereocenters. The quantitative estimate of drug-likeness (QED) is 0.634. The summed E-state index contributed by atoms with van der Waals surface area (Å²) in [6.07, 6.45) is -0.550. The Balaban J connectivity index is 1.76. The number of rotatable bonds is 1. The fourth-order valence-electron chi connectivity index (χ4n) is 3.10.